The first kappa shape index (κ1) is 17.7. The van der Waals surface area contributed by atoms with Crippen molar-refractivity contribution in [1.82, 2.24) is 0 Å². The second-order valence-electron chi connectivity index (χ2n) is 6.48. The van der Waals surface area contributed by atoms with Crippen LogP contribution in [0.1, 0.15) is 38.1 Å². The summed E-state index contributed by atoms with van der Waals surface area (Å²) in [7, 11) is -0.563. The average Bonchev–Trinajstić information content (AvgIpc) is 2.76. The highest BCUT2D eigenvalue weighted by Gasteiger charge is 2.51. The molecule has 1 aliphatic rings. The molecular weight excluding hydrogens is 305 g/mol. The van der Waals surface area contributed by atoms with Gasteiger partial charge in [0.05, 0.1) is 11.2 Å². The third-order valence-electron chi connectivity index (χ3n) is 4.34. The summed E-state index contributed by atoms with van der Waals surface area (Å²) in [6.07, 6.45) is 1.96. The van der Waals surface area contributed by atoms with E-state index in [9.17, 15) is 4.79 Å². The van der Waals surface area contributed by atoms with Gasteiger partial charge in [-0.05, 0) is 45.3 Å². The van der Waals surface area contributed by atoms with Crippen LogP contribution in [-0.2, 0) is 9.31 Å². The zero-order chi connectivity index (χ0) is 18.0. The molecule has 1 N–H and O–H groups in total. The van der Waals surface area contributed by atoms with Crippen LogP contribution < -0.4 is 10.8 Å². The SMILES string of the molecule is CC1(C)OB(c2ccc(NC=C(C#N)C#N)c(C=O)c2)OC1(C)C. The van der Waals surface area contributed by atoms with Gasteiger partial charge in [0.25, 0.3) is 0 Å². The molecule has 1 saturated heterocycles. The number of nitrogens with zero attached hydrogens (tertiary/aromatic N) is 2. The van der Waals surface area contributed by atoms with Gasteiger partial charge < -0.3 is 14.6 Å². The number of carbonyl (C=O) groups excluding carboxylic acids is 1. The quantitative estimate of drug-likeness (QED) is 0.518. The highest BCUT2D eigenvalue weighted by molar-refractivity contribution is 6.62. The van der Waals surface area contributed by atoms with Gasteiger partial charge in [-0.1, -0.05) is 6.07 Å². The van der Waals surface area contributed by atoms with Gasteiger partial charge in [-0.25, -0.2) is 0 Å². The van der Waals surface area contributed by atoms with Crippen LogP contribution in [0.5, 0.6) is 0 Å². The van der Waals surface area contributed by atoms with Crippen molar-refractivity contribution in [3.63, 3.8) is 0 Å². The van der Waals surface area contributed by atoms with Crippen LogP contribution in [0.25, 0.3) is 0 Å². The van der Waals surface area contributed by atoms with Crippen molar-refractivity contribution in [3.05, 3.63) is 35.5 Å². The molecule has 0 amide bonds. The van der Waals surface area contributed by atoms with Gasteiger partial charge in [0, 0.05) is 17.5 Å². The number of nitriles is 2. The van der Waals surface area contributed by atoms with E-state index in [1.54, 1.807) is 30.3 Å². The van der Waals surface area contributed by atoms with Gasteiger partial charge in [0.2, 0.25) is 0 Å². The summed E-state index contributed by atoms with van der Waals surface area (Å²) in [5.74, 6) is 0. The first-order chi connectivity index (χ1) is 11.2. The second-order valence-corrected chi connectivity index (χ2v) is 6.48. The number of aldehydes is 1. The third-order valence-corrected chi connectivity index (χ3v) is 4.34. The van der Waals surface area contributed by atoms with Crippen molar-refractivity contribution in [1.29, 1.82) is 10.5 Å². The fourth-order valence-corrected chi connectivity index (χ4v) is 2.18. The fraction of sp³-hybridized carbons (Fsp3) is 0.353. The molecule has 0 aromatic heterocycles. The van der Waals surface area contributed by atoms with E-state index in [2.05, 4.69) is 5.32 Å². The summed E-state index contributed by atoms with van der Waals surface area (Å²) in [6, 6.07) is 8.62. The van der Waals surface area contributed by atoms with Crippen molar-refractivity contribution < 1.29 is 14.1 Å². The van der Waals surface area contributed by atoms with Gasteiger partial charge >= 0.3 is 7.12 Å². The van der Waals surface area contributed by atoms with E-state index in [0.29, 0.717) is 17.5 Å². The molecule has 1 aromatic carbocycles. The van der Waals surface area contributed by atoms with Gasteiger partial charge in [0.1, 0.15) is 17.7 Å². The Morgan fingerprint density at radius 1 is 1.17 bits per heavy atom. The maximum Gasteiger partial charge on any atom is 0.494 e. The van der Waals surface area contributed by atoms with E-state index < -0.39 is 18.3 Å². The monoisotopic (exact) mass is 323 g/mol. The van der Waals surface area contributed by atoms with Crippen molar-refractivity contribution in [2.45, 2.75) is 38.9 Å². The maximum atomic E-state index is 11.4. The first-order valence-electron chi connectivity index (χ1n) is 7.46. The molecule has 0 atom stereocenters. The molecule has 0 bridgehead atoms. The molecule has 0 radical (unpaired) electrons. The highest BCUT2D eigenvalue weighted by Crippen LogP contribution is 2.36. The molecular formula is C17H18BN3O3. The van der Waals surface area contributed by atoms with Crippen LogP contribution in [-0.4, -0.2) is 24.6 Å². The maximum absolute atomic E-state index is 11.4. The Hall–Kier alpha value is -2.61. The Morgan fingerprint density at radius 3 is 2.25 bits per heavy atom. The fourth-order valence-electron chi connectivity index (χ4n) is 2.18. The van der Waals surface area contributed by atoms with Crippen LogP contribution in [0, 0.1) is 22.7 Å². The normalized spacial score (nSPS) is 17.5. The van der Waals surface area contributed by atoms with Crippen LogP contribution in [0.4, 0.5) is 5.69 Å². The van der Waals surface area contributed by atoms with E-state index in [0.717, 1.165) is 5.46 Å². The van der Waals surface area contributed by atoms with Crippen LogP contribution in [0.15, 0.2) is 30.0 Å². The minimum absolute atomic E-state index is 0.0816. The number of carbonyl (C=O) groups is 1. The largest absolute Gasteiger partial charge is 0.494 e. The minimum Gasteiger partial charge on any atom is -0.399 e. The van der Waals surface area contributed by atoms with E-state index in [1.165, 1.54) is 6.20 Å². The first-order valence-corrected chi connectivity index (χ1v) is 7.46. The van der Waals surface area contributed by atoms with Crippen molar-refractivity contribution in [2.24, 2.45) is 0 Å². The predicted molar refractivity (Wildman–Crippen MR) is 90.5 cm³/mol. The zero-order valence-corrected chi connectivity index (χ0v) is 14.1. The van der Waals surface area contributed by atoms with E-state index >= 15 is 0 Å². The number of hydrogen-bond donors (Lipinski definition) is 1. The molecule has 6 nitrogen and oxygen atoms in total. The molecule has 122 valence electrons. The summed E-state index contributed by atoms with van der Waals surface area (Å²) < 4.78 is 11.9. The second kappa shape index (κ2) is 6.49. The molecule has 1 aliphatic heterocycles. The van der Waals surface area contributed by atoms with E-state index in [1.807, 2.05) is 27.7 Å². The van der Waals surface area contributed by atoms with Gasteiger partial charge in [-0.3, -0.25) is 4.79 Å². The van der Waals surface area contributed by atoms with Crippen LogP contribution in [0.2, 0.25) is 0 Å². The number of benzene rings is 1. The summed E-state index contributed by atoms with van der Waals surface area (Å²) in [5, 5.41) is 20.3. The molecule has 2 rings (SSSR count). The van der Waals surface area contributed by atoms with Crippen molar-refractivity contribution in [2.75, 3.05) is 5.32 Å². The Balaban J connectivity index is 2.28. The molecule has 0 spiro atoms. The molecule has 1 heterocycles. The lowest BCUT2D eigenvalue weighted by molar-refractivity contribution is 0.00578. The summed E-state index contributed by atoms with van der Waals surface area (Å²) in [6.45, 7) is 7.83. The number of anilines is 1. The standard InChI is InChI=1S/C17H18BN3O3/c1-16(2)17(3,4)24-18(23-16)14-5-6-15(13(7-14)11-22)21-10-12(8-19)9-20/h5-7,10-11,21H,1-4H3. The van der Waals surface area contributed by atoms with E-state index in [-0.39, 0.29) is 5.57 Å². The minimum atomic E-state index is -0.563. The topological polar surface area (TPSA) is 95.1 Å². The summed E-state index contributed by atoms with van der Waals surface area (Å²) in [5.41, 5.74) is 0.593. The lowest BCUT2D eigenvalue weighted by atomic mass is 9.78. The highest BCUT2D eigenvalue weighted by atomic mass is 16.7. The number of allylic oxidation sites excluding steroid dienone is 1. The Kier molecular flexibility index (Phi) is 4.79. The Morgan fingerprint density at radius 2 is 1.75 bits per heavy atom. The molecule has 0 aliphatic carbocycles. The van der Waals surface area contributed by atoms with Crippen LogP contribution in [0.3, 0.4) is 0 Å². The lowest BCUT2D eigenvalue weighted by Crippen LogP contribution is -2.41. The molecule has 0 saturated carbocycles. The third kappa shape index (κ3) is 3.33. The Bertz CT molecular complexity index is 740. The molecule has 0 unspecified atom stereocenters. The zero-order valence-electron chi connectivity index (χ0n) is 14.1. The Labute approximate surface area is 141 Å². The predicted octanol–water partition coefficient (Wildman–Crippen LogP) is 2.14. The van der Waals surface area contributed by atoms with E-state index in [4.69, 9.17) is 19.8 Å². The lowest BCUT2D eigenvalue weighted by Gasteiger charge is -2.32. The van der Waals surface area contributed by atoms with Crippen molar-refractivity contribution >= 4 is 24.6 Å². The van der Waals surface area contributed by atoms with Gasteiger partial charge in [-0.2, -0.15) is 10.5 Å². The molecule has 1 aromatic rings. The number of hydrogen-bond acceptors (Lipinski definition) is 6. The average molecular weight is 323 g/mol. The van der Waals surface area contributed by atoms with Crippen molar-refractivity contribution in [3.8, 4) is 12.1 Å². The molecule has 7 heteroatoms. The summed E-state index contributed by atoms with van der Waals surface area (Å²) >= 11 is 0. The van der Waals surface area contributed by atoms with Gasteiger partial charge in [-0.15, -0.1) is 0 Å². The van der Waals surface area contributed by atoms with Crippen LogP contribution >= 0.6 is 0 Å². The smallest absolute Gasteiger partial charge is 0.399 e. The molecule has 1 fully saturated rings. The van der Waals surface area contributed by atoms with Gasteiger partial charge in [0.15, 0.2) is 6.29 Å². The number of rotatable bonds is 4. The molecule has 24 heavy (non-hydrogen) atoms. The summed E-state index contributed by atoms with van der Waals surface area (Å²) in [4.78, 5) is 11.4. The number of nitrogens with one attached hydrogen (secondary N) is 1.